The van der Waals surface area contributed by atoms with E-state index in [1.807, 2.05) is 13.8 Å². The first-order valence-electron chi connectivity index (χ1n) is 4.94. The maximum absolute atomic E-state index is 9.46. The van der Waals surface area contributed by atoms with Crippen LogP contribution in [0.15, 0.2) is 0 Å². The van der Waals surface area contributed by atoms with Crippen LogP contribution in [0.2, 0.25) is 0 Å². The van der Waals surface area contributed by atoms with Gasteiger partial charge in [0.05, 0.1) is 12.2 Å². The van der Waals surface area contributed by atoms with Crippen molar-refractivity contribution in [3.63, 3.8) is 0 Å². The Balaban J connectivity index is 3.49. The number of ether oxygens (including phenoxy) is 1. The number of aliphatic hydroxyl groups is 1. The molecule has 80 valence electrons. The van der Waals surface area contributed by atoms with Crippen LogP contribution >= 0.6 is 0 Å². The summed E-state index contributed by atoms with van der Waals surface area (Å²) in [4.78, 5) is 0. The molecule has 13 heavy (non-hydrogen) atoms. The second-order valence-electron chi connectivity index (χ2n) is 4.08. The van der Waals surface area contributed by atoms with Crippen molar-refractivity contribution < 1.29 is 9.84 Å². The molecule has 0 saturated heterocycles. The molecule has 3 heteroatoms. The summed E-state index contributed by atoms with van der Waals surface area (Å²) in [6, 6.07) is 0.410. The van der Waals surface area contributed by atoms with Gasteiger partial charge >= 0.3 is 0 Å². The van der Waals surface area contributed by atoms with Gasteiger partial charge in [0.1, 0.15) is 0 Å². The zero-order chi connectivity index (χ0) is 10.3. The number of nitrogens with one attached hydrogen (secondary N) is 1. The lowest BCUT2D eigenvalue weighted by Crippen LogP contribution is -2.36. The number of methoxy groups -OCH3 is 1. The third-order valence-corrected chi connectivity index (χ3v) is 2.03. The summed E-state index contributed by atoms with van der Waals surface area (Å²) in [6.45, 7) is 7.35. The smallest absolute Gasteiger partial charge is 0.0615 e. The average molecular weight is 189 g/mol. The van der Waals surface area contributed by atoms with Crippen LogP contribution in [0.5, 0.6) is 0 Å². The Hall–Kier alpha value is -0.120. The van der Waals surface area contributed by atoms with Crippen LogP contribution in [0.3, 0.4) is 0 Å². The fraction of sp³-hybridized carbons (Fsp3) is 1.00. The van der Waals surface area contributed by atoms with Gasteiger partial charge in [-0.3, -0.25) is 0 Å². The van der Waals surface area contributed by atoms with E-state index in [4.69, 9.17) is 4.74 Å². The van der Waals surface area contributed by atoms with Gasteiger partial charge in [-0.1, -0.05) is 6.92 Å². The van der Waals surface area contributed by atoms with Crippen molar-refractivity contribution in [2.45, 2.75) is 45.3 Å². The van der Waals surface area contributed by atoms with Crippen molar-refractivity contribution in [3.05, 3.63) is 0 Å². The molecular formula is C10H23NO2. The first kappa shape index (κ1) is 12.9. The first-order valence-corrected chi connectivity index (χ1v) is 4.94. The first-order chi connectivity index (χ1) is 5.99. The van der Waals surface area contributed by atoms with E-state index in [-0.39, 0.29) is 0 Å². The van der Waals surface area contributed by atoms with Crippen molar-refractivity contribution in [2.75, 3.05) is 20.3 Å². The van der Waals surface area contributed by atoms with Crippen LogP contribution in [0.1, 0.15) is 33.6 Å². The maximum Gasteiger partial charge on any atom is 0.0615 e. The lowest BCUT2D eigenvalue weighted by molar-refractivity contribution is 0.0684. The van der Waals surface area contributed by atoms with Crippen LogP contribution in [-0.2, 0) is 4.74 Å². The third-order valence-electron chi connectivity index (χ3n) is 2.03. The Kier molecular flexibility index (Phi) is 6.29. The second kappa shape index (κ2) is 6.35. The number of rotatable bonds is 7. The van der Waals surface area contributed by atoms with Gasteiger partial charge in [-0.2, -0.15) is 0 Å². The predicted molar refractivity (Wildman–Crippen MR) is 54.9 cm³/mol. The highest BCUT2D eigenvalue weighted by molar-refractivity contribution is 4.70. The average Bonchev–Trinajstić information content (AvgIpc) is 2.01. The van der Waals surface area contributed by atoms with Crippen molar-refractivity contribution in [3.8, 4) is 0 Å². The molecular weight excluding hydrogens is 166 g/mol. The van der Waals surface area contributed by atoms with Gasteiger partial charge in [0.25, 0.3) is 0 Å². The monoisotopic (exact) mass is 189 g/mol. The normalized spacial score (nSPS) is 14.5. The standard InChI is InChI=1S/C10H23NO2/c1-5-9(8-13-4)11-7-6-10(2,3)12/h9,11-12H,5-8H2,1-4H3. The van der Waals surface area contributed by atoms with E-state index in [2.05, 4.69) is 12.2 Å². The van der Waals surface area contributed by atoms with Gasteiger partial charge in [0.2, 0.25) is 0 Å². The van der Waals surface area contributed by atoms with Crippen LogP contribution in [0.4, 0.5) is 0 Å². The van der Waals surface area contributed by atoms with E-state index in [0.29, 0.717) is 6.04 Å². The Morgan fingerprint density at radius 1 is 1.46 bits per heavy atom. The molecule has 0 amide bonds. The number of hydrogen-bond acceptors (Lipinski definition) is 3. The predicted octanol–water partition coefficient (Wildman–Crippen LogP) is 1.16. The molecule has 2 N–H and O–H groups in total. The van der Waals surface area contributed by atoms with E-state index in [1.54, 1.807) is 7.11 Å². The molecule has 3 nitrogen and oxygen atoms in total. The van der Waals surface area contributed by atoms with Gasteiger partial charge in [-0.05, 0) is 33.2 Å². The number of hydrogen-bond donors (Lipinski definition) is 2. The van der Waals surface area contributed by atoms with E-state index in [1.165, 1.54) is 0 Å². The summed E-state index contributed by atoms with van der Waals surface area (Å²) >= 11 is 0. The zero-order valence-electron chi connectivity index (χ0n) is 9.26. The lowest BCUT2D eigenvalue weighted by Gasteiger charge is -2.20. The fourth-order valence-corrected chi connectivity index (χ4v) is 1.10. The molecule has 0 aromatic rings. The molecule has 0 saturated carbocycles. The van der Waals surface area contributed by atoms with E-state index in [0.717, 1.165) is 26.0 Å². The summed E-state index contributed by atoms with van der Waals surface area (Å²) in [7, 11) is 1.71. The van der Waals surface area contributed by atoms with Gasteiger partial charge < -0.3 is 15.2 Å². The van der Waals surface area contributed by atoms with Crippen molar-refractivity contribution in [1.29, 1.82) is 0 Å². The topological polar surface area (TPSA) is 41.5 Å². The van der Waals surface area contributed by atoms with Gasteiger partial charge in [0.15, 0.2) is 0 Å². The van der Waals surface area contributed by atoms with Crippen LogP contribution in [0, 0.1) is 0 Å². The summed E-state index contributed by atoms with van der Waals surface area (Å²) in [5.74, 6) is 0. The molecule has 0 radical (unpaired) electrons. The molecule has 1 atom stereocenters. The Morgan fingerprint density at radius 2 is 2.08 bits per heavy atom. The second-order valence-corrected chi connectivity index (χ2v) is 4.08. The van der Waals surface area contributed by atoms with E-state index < -0.39 is 5.60 Å². The van der Waals surface area contributed by atoms with Gasteiger partial charge in [0, 0.05) is 13.2 Å². The summed E-state index contributed by atoms with van der Waals surface area (Å²) in [6.07, 6.45) is 1.83. The lowest BCUT2D eigenvalue weighted by atomic mass is 10.1. The minimum absolute atomic E-state index is 0.410. The third kappa shape index (κ3) is 8.22. The van der Waals surface area contributed by atoms with Crippen molar-refractivity contribution in [2.24, 2.45) is 0 Å². The molecule has 0 aliphatic carbocycles. The fourth-order valence-electron chi connectivity index (χ4n) is 1.10. The molecule has 0 spiro atoms. The Bertz CT molecular complexity index is 121. The minimum atomic E-state index is -0.571. The molecule has 0 aromatic heterocycles. The summed E-state index contributed by atoms with van der Waals surface area (Å²) < 4.78 is 5.05. The van der Waals surface area contributed by atoms with E-state index in [9.17, 15) is 5.11 Å². The van der Waals surface area contributed by atoms with Crippen molar-refractivity contribution in [1.82, 2.24) is 5.32 Å². The van der Waals surface area contributed by atoms with Crippen molar-refractivity contribution >= 4 is 0 Å². The largest absolute Gasteiger partial charge is 0.390 e. The summed E-state index contributed by atoms with van der Waals surface area (Å²) in [5.41, 5.74) is -0.571. The molecule has 1 unspecified atom stereocenters. The molecule has 0 bridgehead atoms. The van der Waals surface area contributed by atoms with Gasteiger partial charge in [-0.25, -0.2) is 0 Å². The van der Waals surface area contributed by atoms with Gasteiger partial charge in [-0.15, -0.1) is 0 Å². The Labute approximate surface area is 81.5 Å². The molecule has 0 aromatic carbocycles. The highest BCUT2D eigenvalue weighted by atomic mass is 16.5. The molecule has 0 aliphatic rings. The Morgan fingerprint density at radius 3 is 2.46 bits per heavy atom. The molecule has 0 rings (SSSR count). The van der Waals surface area contributed by atoms with E-state index >= 15 is 0 Å². The quantitative estimate of drug-likeness (QED) is 0.631. The molecule has 0 aliphatic heterocycles. The molecule has 0 fully saturated rings. The van der Waals surface area contributed by atoms with Crippen LogP contribution < -0.4 is 5.32 Å². The SMILES string of the molecule is CCC(COC)NCCC(C)(C)O. The zero-order valence-corrected chi connectivity index (χ0v) is 9.26. The van der Waals surface area contributed by atoms with Crippen LogP contribution in [0.25, 0.3) is 0 Å². The molecule has 0 heterocycles. The highest BCUT2D eigenvalue weighted by Gasteiger charge is 2.12. The van der Waals surface area contributed by atoms with Crippen LogP contribution in [-0.4, -0.2) is 37.0 Å². The summed E-state index contributed by atoms with van der Waals surface area (Å²) in [5, 5.41) is 12.8. The minimum Gasteiger partial charge on any atom is -0.390 e. The maximum atomic E-state index is 9.46. The highest BCUT2D eigenvalue weighted by Crippen LogP contribution is 2.05.